The fraction of sp³-hybridized carbons (Fsp3) is 0.292. The van der Waals surface area contributed by atoms with Crippen molar-refractivity contribution in [3.8, 4) is 23.0 Å². The molecule has 4 rings (SSSR count). The van der Waals surface area contributed by atoms with Crippen molar-refractivity contribution in [2.75, 3.05) is 7.11 Å². The molecule has 0 aliphatic rings. The number of halogens is 1. The van der Waals surface area contributed by atoms with Gasteiger partial charge in [0.2, 0.25) is 0 Å². The lowest BCUT2D eigenvalue weighted by Crippen LogP contribution is -2.11. The minimum Gasteiger partial charge on any atom is -0.493 e. The second-order valence-electron chi connectivity index (χ2n) is 7.44. The molecule has 0 bridgehead atoms. The molecule has 0 radical (unpaired) electrons. The average Bonchev–Trinajstić information content (AvgIpc) is 3.11. The summed E-state index contributed by atoms with van der Waals surface area (Å²) in [5.74, 6) is 1.47. The van der Waals surface area contributed by atoms with Crippen LogP contribution in [0.2, 0.25) is 0 Å². The van der Waals surface area contributed by atoms with Crippen LogP contribution in [-0.4, -0.2) is 23.2 Å². The van der Waals surface area contributed by atoms with Gasteiger partial charge in [-0.1, -0.05) is 13.3 Å². The highest BCUT2D eigenvalue weighted by Gasteiger charge is 2.16. The molecule has 5 nitrogen and oxygen atoms in total. The van der Waals surface area contributed by atoms with Gasteiger partial charge in [-0.25, -0.2) is 4.39 Å². The summed E-state index contributed by atoms with van der Waals surface area (Å²) in [6, 6.07) is 10.6. The Kier molecular flexibility index (Phi) is 5.48. The average molecular weight is 408 g/mol. The number of rotatable bonds is 7. The maximum atomic E-state index is 15.0. The summed E-state index contributed by atoms with van der Waals surface area (Å²) >= 11 is 0. The van der Waals surface area contributed by atoms with Gasteiger partial charge in [0.05, 0.1) is 18.7 Å². The number of hydrogen-bond donors (Lipinski definition) is 1. The molecular formula is C24H25FN2O3. The lowest BCUT2D eigenvalue weighted by molar-refractivity contribution is 0.201. The quantitative estimate of drug-likeness (QED) is 0.378. The van der Waals surface area contributed by atoms with E-state index in [4.69, 9.17) is 14.2 Å². The van der Waals surface area contributed by atoms with Crippen molar-refractivity contribution in [3.63, 3.8) is 0 Å². The van der Waals surface area contributed by atoms with Gasteiger partial charge >= 0.3 is 0 Å². The van der Waals surface area contributed by atoms with Gasteiger partial charge in [0.25, 0.3) is 0 Å². The summed E-state index contributed by atoms with van der Waals surface area (Å²) in [7, 11) is 1.59. The molecule has 6 heteroatoms. The Morgan fingerprint density at radius 3 is 2.63 bits per heavy atom. The zero-order valence-corrected chi connectivity index (χ0v) is 17.6. The van der Waals surface area contributed by atoms with Crippen molar-refractivity contribution in [1.82, 2.24) is 9.97 Å². The molecule has 2 heterocycles. The Morgan fingerprint density at radius 1 is 1.03 bits per heavy atom. The number of nitrogens with zero attached hydrogens (tertiary/aromatic N) is 1. The SMILES string of the molecule is CCCC(C)Oc1cc2nccc(Oc3ccc4[nH]c(C)cc4c3F)c2cc1OC. The Hall–Kier alpha value is -3.28. The minimum atomic E-state index is -0.401. The predicted octanol–water partition coefficient (Wildman–Crippen LogP) is 6.53. The molecule has 1 N–H and O–H groups in total. The third-order valence-corrected chi connectivity index (χ3v) is 5.07. The number of hydrogen-bond acceptors (Lipinski definition) is 4. The van der Waals surface area contributed by atoms with Crippen molar-refractivity contribution in [2.24, 2.45) is 0 Å². The summed E-state index contributed by atoms with van der Waals surface area (Å²) < 4.78 is 32.5. The highest BCUT2D eigenvalue weighted by Crippen LogP contribution is 2.39. The Morgan fingerprint density at radius 2 is 1.87 bits per heavy atom. The lowest BCUT2D eigenvalue weighted by Gasteiger charge is -2.17. The van der Waals surface area contributed by atoms with E-state index in [0.29, 0.717) is 28.2 Å². The second-order valence-corrected chi connectivity index (χ2v) is 7.44. The van der Waals surface area contributed by atoms with Crippen molar-refractivity contribution in [3.05, 3.63) is 54.1 Å². The van der Waals surface area contributed by atoms with Crippen LogP contribution in [0.25, 0.3) is 21.8 Å². The van der Waals surface area contributed by atoms with Crippen molar-refractivity contribution in [2.45, 2.75) is 39.7 Å². The molecule has 1 unspecified atom stereocenters. The predicted molar refractivity (Wildman–Crippen MR) is 116 cm³/mol. The summed E-state index contributed by atoms with van der Waals surface area (Å²) in [5, 5.41) is 1.22. The van der Waals surface area contributed by atoms with E-state index in [2.05, 4.69) is 16.9 Å². The topological polar surface area (TPSA) is 56.4 Å². The van der Waals surface area contributed by atoms with Crippen LogP contribution in [0.15, 0.2) is 42.6 Å². The lowest BCUT2D eigenvalue weighted by atomic mass is 10.1. The monoisotopic (exact) mass is 408 g/mol. The maximum absolute atomic E-state index is 15.0. The van der Waals surface area contributed by atoms with E-state index in [1.54, 1.807) is 31.5 Å². The van der Waals surface area contributed by atoms with Gasteiger partial charge in [0.15, 0.2) is 23.1 Å². The molecule has 0 amide bonds. The summed E-state index contributed by atoms with van der Waals surface area (Å²) in [4.78, 5) is 7.56. The van der Waals surface area contributed by atoms with Crippen LogP contribution < -0.4 is 14.2 Å². The smallest absolute Gasteiger partial charge is 0.175 e. The van der Waals surface area contributed by atoms with Crippen LogP contribution >= 0.6 is 0 Å². The summed E-state index contributed by atoms with van der Waals surface area (Å²) in [6.07, 6.45) is 3.67. The number of pyridine rings is 1. The molecular weight excluding hydrogens is 383 g/mol. The first-order chi connectivity index (χ1) is 14.5. The van der Waals surface area contributed by atoms with E-state index in [1.807, 2.05) is 32.0 Å². The largest absolute Gasteiger partial charge is 0.493 e. The Balaban J connectivity index is 1.74. The minimum absolute atomic E-state index is 0.0615. The standard InChI is InChI=1S/C24H25FN2O3/c1-5-6-15(3)29-23-13-19-16(12-22(23)28-4)20(9-10-26-19)30-21-8-7-18-17(24(21)25)11-14(2)27-18/h7-13,15,27H,5-6H2,1-4H3. The number of fused-ring (bicyclic) bond motifs is 2. The highest BCUT2D eigenvalue weighted by molar-refractivity contribution is 5.89. The van der Waals surface area contributed by atoms with Gasteiger partial charge in [-0.2, -0.15) is 0 Å². The van der Waals surface area contributed by atoms with E-state index in [1.165, 1.54) is 0 Å². The number of aryl methyl sites for hydroxylation is 1. The van der Waals surface area contributed by atoms with Crippen LogP contribution in [0, 0.1) is 12.7 Å². The van der Waals surface area contributed by atoms with Crippen LogP contribution in [0.1, 0.15) is 32.4 Å². The molecule has 0 aliphatic carbocycles. The van der Waals surface area contributed by atoms with Gasteiger partial charge in [0, 0.05) is 34.2 Å². The van der Waals surface area contributed by atoms with Crippen molar-refractivity contribution < 1.29 is 18.6 Å². The number of nitrogens with one attached hydrogen (secondary N) is 1. The molecule has 0 saturated heterocycles. The van der Waals surface area contributed by atoms with Gasteiger partial charge in [-0.05, 0) is 50.6 Å². The van der Waals surface area contributed by atoms with E-state index in [0.717, 1.165) is 29.4 Å². The third kappa shape index (κ3) is 3.77. The third-order valence-electron chi connectivity index (χ3n) is 5.07. The van der Waals surface area contributed by atoms with Crippen LogP contribution in [0.5, 0.6) is 23.0 Å². The van der Waals surface area contributed by atoms with Crippen LogP contribution in [0.4, 0.5) is 4.39 Å². The zero-order chi connectivity index (χ0) is 21.3. The summed E-state index contributed by atoms with van der Waals surface area (Å²) in [6.45, 7) is 6.04. The number of methoxy groups -OCH3 is 1. The normalized spacial score (nSPS) is 12.3. The first-order valence-electron chi connectivity index (χ1n) is 10.1. The highest BCUT2D eigenvalue weighted by atomic mass is 19.1. The molecule has 0 spiro atoms. The van der Waals surface area contributed by atoms with Crippen LogP contribution in [0.3, 0.4) is 0 Å². The molecule has 0 aliphatic heterocycles. The second kappa shape index (κ2) is 8.22. The molecule has 2 aromatic heterocycles. The van der Waals surface area contributed by atoms with E-state index in [-0.39, 0.29) is 11.9 Å². The first kappa shape index (κ1) is 20.0. The maximum Gasteiger partial charge on any atom is 0.175 e. The molecule has 0 saturated carbocycles. The fourth-order valence-electron chi connectivity index (χ4n) is 3.64. The van der Waals surface area contributed by atoms with Crippen molar-refractivity contribution in [1.29, 1.82) is 0 Å². The molecule has 0 fully saturated rings. The van der Waals surface area contributed by atoms with Gasteiger partial charge in [-0.15, -0.1) is 0 Å². The molecule has 1 atom stereocenters. The molecule has 4 aromatic rings. The van der Waals surface area contributed by atoms with E-state index in [9.17, 15) is 4.39 Å². The summed E-state index contributed by atoms with van der Waals surface area (Å²) in [5.41, 5.74) is 2.32. The number of aromatic nitrogens is 2. The van der Waals surface area contributed by atoms with E-state index >= 15 is 0 Å². The zero-order valence-electron chi connectivity index (χ0n) is 17.6. The first-order valence-corrected chi connectivity index (χ1v) is 10.1. The van der Waals surface area contributed by atoms with Crippen LogP contribution in [-0.2, 0) is 0 Å². The number of aromatic amines is 1. The Bertz CT molecular complexity index is 1200. The molecule has 2 aromatic carbocycles. The van der Waals surface area contributed by atoms with Gasteiger partial charge in [0.1, 0.15) is 5.75 Å². The Labute approximate surface area is 174 Å². The van der Waals surface area contributed by atoms with E-state index < -0.39 is 5.82 Å². The molecule has 30 heavy (non-hydrogen) atoms. The number of ether oxygens (including phenoxy) is 3. The van der Waals surface area contributed by atoms with Crippen molar-refractivity contribution >= 4 is 21.8 Å². The van der Waals surface area contributed by atoms with Gasteiger partial charge < -0.3 is 19.2 Å². The number of H-pyrrole nitrogens is 1. The van der Waals surface area contributed by atoms with Gasteiger partial charge in [-0.3, -0.25) is 4.98 Å². The fourth-order valence-corrected chi connectivity index (χ4v) is 3.64. The number of benzene rings is 2. The molecule has 156 valence electrons.